The van der Waals surface area contributed by atoms with Gasteiger partial charge in [0, 0.05) is 17.3 Å². The Balaban J connectivity index is 1.84. The van der Waals surface area contributed by atoms with Crippen LogP contribution < -0.4 is 5.56 Å². The first-order chi connectivity index (χ1) is 11.1. The van der Waals surface area contributed by atoms with Crippen LogP contribution in [0.4, 0.5) is 0 Å². The minimum absolute atomic E-state index is 0.00933. The number of H-pyrrole nitrogens is 1. The fraction of sp³-hybridized carbons (Fsp3) is 0.450. The standard InChI is InChI=1S/C20H26N2O/c1-14-13-19(20(23)21-15(14)2)18-9-7-17(8-10-18)16(3)22-11-5-4-6-12-22/h7-10,13,16H,4-6,11-12H2,1-3H3,(H,21,23)/t16-/m0/s1. The summed E-state index contributed by atoms with van der Waals surface area (Å²) >= 11 is 0. The highest BCUT2D eigenvalue weighted by molar-refractivity contribution is 5.63. The molecule has 0 unspecified atom stereocenters. The smallest absolute Gasteiger partial charge is 0.256 e. The van der Waals surface area contributed by atoms with E-state index in [0.717, 1.165) is 22.4 Å². The zero-order chi connectivity index (χ0) is 16.4. The van der Waals surface area contributed by atoms with Gasteiger partial charge in [-0.2, -0.15) is 0 Å². The minimum Gasteiger partial charge on any atom is -0.326 e. The number of hydrogen-bond acceptors (Lipinski definition) is 2. The van der Waals surface area contributed by atoms with Crippen molar-refractivity contribution in [2.24, 2.45) is 0 Å². The molecule has 0 aliphatic carbocycles. The van der Waals surface area contributed by atoms with E-state index < -0.39 is 0 Å². The van der Waals surface area contributed by atoms with Crippen LogP contribution in [0.3, 0.4) is 0 Å². The van der Waals surface area contributed by atoms with Crippen molar-refractivity contribution >= 4 is 0 Å². The van der Waals surface area contributed by atoms with Crippen LogP contribution in [0.15, 0.2) is 35.1 Å². The Morgan fingerprint density at radius 2 is 1.70 bits per heavy atom. The Hall–Kier alpha value is -1.87. The second-order valence-corrected chi connectivity index (χ2v) is 6.71. The molecular weight excluding hydrogens is 284 g/mol. The van der Waals surface area contributed by atoms with Crippen LogP contribution in [0.2, 0.25) is 0 Å². The van der Waals surface area contributed by atoms with Crippen LogP contribution >= 0.6 is 0 Å². The van der Waals surface area contributed by atoms with E-state index in [1.807, 2.05) is 19.9 Å². The van der Waals surface area contributed by atoms with Gasteiger partial charge in [-0.1, -0.05) is 30.7 Å². The first-order valence-corrected chi connectivity index (χ1v) is 8.61. The van der Waals surface area contributed by atoms with Crippen molar-refractivity contribution in [2.45, 2.75) is 46.1 Å². The Morgan fingerprint density at radius 1 is 1.04 bits per heavy atom. The molecule has 3 rings (SSSR count). The van der Waals surface area contributed by atoms with E-state index >= 15 is 0 Å². The lowest BCUT2D eigenvalue weighted by molar-refractivity contribution is 0.175. The fourth-order valence-electron chi connectivity index (χ4n) is 3.40. The maximum absolute atomic E-state index is 12.2. The maximum atomic E-state index is 12.2. The summed E-state index contributed by atoms with van der Waals surface area (Å²) in [6, 6.07) is 10.9. The van der Waals surface area contributed by atoms with Crippen LogP contribution in [-0.2, 0) is 0 Å². The first kappa shape index (κ1) is 16.0. The van der Waals surface area contributed by atoms with Gasteiger partial charge < -0.3 is 4.98 Å². The van der Waals surface area contributed by atoms with Crippen molar-refractivity contribution in [1.29, 1.82) is 0 Å². The molecule has 0 bridgehead atoms. The summed E-state index contributed by atoms with van der Waals surface area (Å²) < 4.78 is 0. The summed E-state index contributed by atoms with van der Waals surface area (Å²) in [6.07, 6.45) is 3.97. The van der Waals surface area contributed by atoms with Crippen molar-refractivity contribution in [3.05, 3.63) is 57.5 Å². The van der Waals surface area contributed by atoms with Crippen LogP contribution in [0, 0.1) is 13.8 Å². The molecule has 2 heterocycles. The van der Waals surface area contributed by atoms with Gasteiger partial charge in [-0.3, -0.25) is 9.69 Å². The molecule has 1 aliphatic heterocycles. The predicted molar refractivity (Wildman–Crippen MR) is 95.8 cm³/mol. The van der Waals surface area contributed by atoms with Crippen LogP contribution in [-0.4, -0.2) is 23.0 Å². The summed E-state index contributed by atoms with van der Waals surface area (Å²) in [5, 5.41) is 0. The van der Waals surface area contributed by atoms with Crippen molar-refractivity contribution in [3.8, 4) is 11.1 Å². The molecule has 1 N–H and O–H groups in total. The van der Waals surface area contributed by atoms with Crippen LogP contribution in [0.25, 0.3) is 11.1 Å². The summed E-state index contributed by atoms with van der Waals surface area (Å²) in [5.41, 5.74) is 5.12. The molecule has 1 aromatic carbocycles. The van der Waals surface area contributed by atoms with Gasteiger partial charge in [-0.05, 0) is 69.5 Å². The number of likely N-dealkylation sites (tertiary alicyclic amines) is 1. The SMILES string of the molecule is Cc1cc(-c2ccc([C@H](C)N3CCCCC3)cc2)c(=O)[nH]c1C. The maximum Gasteiger partial charge on any atom is 0.256 e. The molecule has 1 aliphatic rings. The van der Waals surface area contributed by atoms with E-state index in [1.165, 1.54) is 37.9 Å². The highest BCUT2D eigenvalue weighted by Crippen LogP contribution is 2.26. The van der Waals surface area contributed by atoms with Gasteiger partial charge in [0.15, 0.2) is 0 Å². The number of aromatic amines is 1. The third kappa shape index (κ3) is 3.40. The molecule has 0 amide bonds. The fourth-order valence-corrected chi connectivity index (χ4v) is 3.40. The largest absolute Gasteiger partial charge is 0.326 e. The van der Waals surface area contributed by atoms with E-state index in [0.29, 0.717) is 6.04 Å². The van der Waals surface area contributed by atoms with Gasteiger partial charge in [0.2, 0.25) is 0 Å². The van der Waals surface area contributed by atoms with Crippen molar-refractivity contribution in [1.82, 2.24) is 9.88 Å². The number of benzene rings is 1. The van der Waals surface area contributed by atoms with Crippen molar-refractivity contribution in [3.63, 3.8) is 0 Å². The molecule has 0 radical (unpaired) electrons. The van der Waals surface area contributed by atoms with Crippen molar-refractivity contribution < 1.29 is 0 Å². The number of nitrogens with one attached hydrogen (secondary N) is 1. The molecule has 1 saturated heterocycles. The molecule has 0 saturated carbocycles. The molecule has 1 aromatic heterocycles. The third-order valence-corrected chi connectivity index (χ3v) is 5.14. The number of piperidine rings is 1. The topological polar surface area (TPSA) is 36.1 Å². The monoisotopic (exact) mass is 310 g/mol. The lowest BCUT2D eigenvalue weighted by Crippen LogP contribution is -2.32. The van der Waals surface area contributed by atoms with E-state index in [4.69, 9.17) is 0 Å². The van der Waals surface area contributed by atoms with Crippen molar-refractivity contribution in [2.75, 3.05) is 13.1 Å². The van der Waals surface area contributed by atoms with Gasteiger partial charge in [-0.15, -0.1) is 0 Å². The Labute approximate surface area is 138 Å². The van der Waals surface area contributed by atoms with Gasteiger partial charge in [0.1, 0.15) is 0 Å². The lowest BCUT2D eigenvalue weighted by atomic mass is 9.99. The number of nitrogens with zero attached hydrogens (tertiary/aromatic N) is 1. The second kappa shape index (κ2) is 6.71. The average Bonchev–Trinajstić information content (AvgIpc) is 2.58. The Morgan fingerprint density at radius 3 is 2.35 bits per heavy atom. The predicted octanol–water partition coefficient (Wildman–Crippen LogP) is 4.21. The number of pyridine rings is 1. The highest BCUT2D eigenvalue weighted by atomic mass is 16.1. The zero-order valence-corrected chi connectivity index (χ0v) is 14.4. The molecule has 3 nitrogen and oxygen atoms in total. The van der Waals surface area contributed by atoms with Gasteiger partial charge >= 0.3 is 0 Å². The van der Waals surface area contributed by atoms with E-state index in [2.05, 4.69) is 41.1 Å². The molecule has 23 heavy (non-hydrogen) atoms. The first-order valence-electron chi connectivity index (χ1n) is 8.61. The van der Waals surface area contributed by atoms with E-state index in [9.17, 15) is 4.79 Å². The Bertz CT molecular complexity index is 724. The number of aryl methyl sites for hydroxylation is 2. The van der Waals surface area contributed by atoms with Crippen LogP contribution in [0.1, 0.15) is 49.0 Å². The number of hydrogen-bond donors (Lipinski definition) is 1. The second-order valence-electron chi connectivity index (χ2n) is 6.71. The summed E-state index contributed by atoms with van der Waals surface area (Å²) in [6.45, 7) is 8.63. The Kier molecular flexibility index (Phi) is 4.67. The molecule has 1 atom stereocenters. The molecular formula is C20H26N2O. The van der Waals surface area contributed by atoms with E-state index in [-0.39, 0.29) is 5.56 Å². The highest BCUT2D eigenvalue weighted by Gasteiger charge is 2.18. The summed E-state index contributed by atoms with van der Waals surface area (Å²) in [5.74, 6) is 0. The molecule has 1 fully saturated rings. The van der Waals surface area contributed by atoms with Gasteiger partial charge in [0.05, 0.1) is 0 Å². The minimum atomic E-state index is -0.00933. The third-order valence-electron chi connectivity index (χ3n) is 5.14. The van der Waals surface area contributed by atoms with Crippen LogP contribution in [0.5, 0.6) is 0 Å². The molecule has 122 valence electrons. The molecule has 3 heteroatoms. The molecule has 2 aromatic rings. The van der Waals surface area contributed by atoms with E-state index in [1.54, 1.807) is 0 Å². The normalized spacial score (nSPS) is 17.2. The lowest BCUT2D eigenvalue weighted by Gasteiger charge is -2.32. The molecule has 0 spiro atoms. The van der Waals surface area contributed by atoms with Gasteiger partial charge in [-0.25, -0.2) is 0 Å². The zero-order valence-electron chi connectivity index (χ0n) is 14.4. The quantitative estimate of drug-likeness (QED) is 0.922. The number of aromatic nitrogens is 1. The average molecular weight is 310 g/mol. The summed E-state index contributed by atoms with van der Waals surface area (Å²) in [4.78, 5) is 17.7. The van der Waals surface area contributed by atoms with Gasteiger partial charge in [0.25, 0.3) is 5.56 Å². The number of rotatable bonds is 3. The summed E-state index contributed by atoms with van der Waals surface area (Å²) in [7, 11) is 0.